The lowest BCUT2D eigenvalue weighted by Crippen LogP contribution is -2.25. The second kappa shape index (κ2) is 2.75. The number of anilines is 1. The summed E-state index contributed by atoms with van der Waals surface area (Å²) in [5.41, 5.74) is 0.660. The van der Waals surface area contributed by atoms with Crippen molar-refractivity contribution in [1.82, 2.24) is 4.98 Å². The summed E-state index contributed by atoms with van der Waals surface area (Å²) in [7, 11) is 0. The Morgan fingerprint density at radius 1 is 1.67 bits per heavy atom. The van der Waals surface area contributed by atoms with Crippen LogP contribution in [0.1, 0.15) is 0 Å². The van der Waals surface area contributed by atoms with Crippen molar-refractivity contribution in [3.8, 4) is 5.75 Å². The first-order chi connectivity index (χ1) is 5.75. The number of nitrogens with zero attached hydrogens (tertiary/aromatic N) is 1. The van der Waals surface area contributed by atoms with Crippen LogP contribution in [0.15, 0.2) is 16.9 Å². The SMILES string of the molecule is O=C1COc2cnc(Br)cc2N1. The van der Waals surface area contributed by atoms with Crippen LogP contribution in [0.3, 0.4) is 0 Å². The van der Waals surface area contributed by atoms with E-state index in [9.17, 15) is 4.79 Å². The molecule has 1 aromatic heterocycles. The van der Waals surface area contributed by atoms with Crippen molar-refractivity contribution in [3.63, 3.8) is 0 Å². The van der Waals surface area contributed by atoms with E-state index in [0.29, 0.717) is 16.0 Å². The molecule has 0 bridgehead atoms. The topological polar surface area (TPSA) is 51.2 Å². The van der Waals surface area contributed by atoms with Crippen LogP contribution in [0.4, 0.5) is 5.69 Å². The Balaban J connectivity index is 2.44. The van der Waals surface area contributed by atoms with Crippen LogP contribution in [0.5, 0.6) is 5.75 Å². The van der Waals surface area contributed by atoms with Gasteiger partial charge >= 0.3 is 0 Å². The summed E-state index contributed by atoms with van der Waals surface area (Å²) in [6.07, 6.45) is 1.57. The van der Waals surface area contributed by atoms with E-state index in [0.717, 1.165) is 0 Å². The zero-order valence-corrected chi connectivity index (χ0v) is 7.59. The highest BCUT2D eigenvalue weighted by atomic mass is 79.9. The predicted molar refractivity (Wildman–Crippen MR) is 46.1 cm³/mol. The summed E-state index contributed by atoms with van der Waals surface area (Å²) in [6.45, 7) is 0.0658. The van der Waals surface area contributed by atoms with E-state index in [4.69, 9.17) is 4.74 Å². The van der Waals surface area contributed by atoms with E-state index in [1.54, 1.807) is 12.3 Å². The lowest BCUT2D eigenvalue weighted by Gasteiger charge is -2.16. The van der Waals surface area contributed by atoms with Crippen LogP contribution in [0.2, 0.25) is 0 Å². The van der Waals surface area contributed by atoms with Crippen LogP contribution in [-0.4, -0.2) is 17.5 Å². The molecule has 0 fully saturated rings. The second-order valence-corrected chi connectivity index (χ2v) is 3.15. The minimum Gasteiger partial charge on any atom is -0.480 e. The van der Waals surface area contributed by atoms with Crippen molar-refractivity contribution in [1.29, 1.82) is 0 Å². The fraction of sp³-hybridized carbons (Fsp3) is 0.143. The quantitative estimate of drug-likeness (QED) is 0.679. The molecule has 0 aliphatic carbocycles. The number of pyridine rings is 1. The summed E-state index contributed by atoms with van der Waals surface area (Å²) in [5, 5.41) is 2.67. The van der Waals surface area contributed by atoms with Gasteiger partial charge in [-0.15, -0.1) is 0 Å². The van der Waals surface area contributed by atoms with Gasteiger partial charge in [0.25, 0.3) is 5.91 Å². The Morgan fingerprint density at radius 2 is 2.50 bits per heavy atom. The molecule has 2 rings (SSSR count). The maximum absolute atomic E-state index is 10.9. The molecule has 2 heterocycles. The van der Waals surface area contributed by atoms with Gasteiger partial charge in [0.2, 0.25) is 0 Å². The van der Waals surface area contributed by atoms with Crippen molar-refractivity contribution in [2.45, 2.75) is 0 Å². The third-order valence-electron chi connectivity index (χ3n) is 1.47. The summed E-state index contributed by atoms with van der Waals surface area (Å²) in [6, 6.07) is 1.70. The number of hydrogen-bond acceptors (Lipinski definition) is 3. The van der Waals surface area contributed by atoms with Crippen molar-refractivity contribution in [2.24, 2.45) is 0 Å². The fourth-order valence-corrected chi connectivity index (χ4v) is 1.29. The third-order valence-corrected chi connectivity index (χ3v) is 1.90. The molecular formula is C7H5BrN2O2. The van der Waals surface area contributed by atoms with E-state index in [1.807, 2.05) is 0 Å². The number of aromatic nitrogens is 1. The van der Waals surface area contributed by atoms with Gasteiger partial charge in [-0.1, -0.05) is 0 Å². The molecule has 0 unspecified atom stereocenters. The molecule has 0 radical (unpaired) electrons. The number of hydrogen-bond donors (Lipinski definition) is 1. The number of amides is 1. The van der Waals surface area contributed by atoms with E-state index in [-0.39, 0.29) is 12.5 Å². The van der Waals surface area contributed by atoms with Crippen molar-refractivity contribution in [2.75, 3.05) is 11.9 Å². The second-order valence-electron chi connectivity index (χ2n) is 2.34. The first-order valence-electron chi connectivity index (χ1n) is 3.34. The van der Waals surface area contributed by atoms with Gasteiger partial charge < -0.3 is 10.1 Å². The van der Waals surface area contributed by atoms with E-state index in [1.165, 1.54) is 0 Å². The number of nitrogens with one attached hydrogen (secondary N) is 1. The minimum absolute atomic E-state index is 0.0658. The highest BCUT2D eigenvalue weighted by molar-refractivity contribution is 9.10. The van der Waals surface area contributed by atoms with Crippen LogP contribution in [-0.2, 0) is 4.79 Å². The smallest absolute Gasteiger partial charge is 0.262 e. The van der Waals surface area contributed by atoms with Gasteiger partial charge in [-0.2, -0.15) is 0 Å². The monoisotopic (exact) mass is 228 g/mol. The molecule has 1 N–H and O–H groups in total. The molecular weight excluding hydrogens is 224 g/mol. The van der Waals surface area contributed by atoms with Gasteiger partial charge in [0.1, 0.15) is 4.60 Å². The number of rotatable bonds is 0. The van der Waals surface area contributed by atoms with Crippen LogP contribution in [0, 0.1) is 0 Å². The van der Waals surface area contributed by atoms with Gasteiger partial charge in [-0.25, -0.2) is 4.98 Å². The van der Waals surface area contributed by atoms with Crippen molar-refractivity contribution < 1.29 is 9.53 Å². The molecule has 0 aromatic carbocycles. The van der Waals surface area contributed by atoms with Gasteiger partial charge in [0.05, 0.1) is 11.9 Å². The molecule has 1 amide bonds. The number of carbonyl (C=O) groups is 1. The summed E-state index contributed by atoms with van der Waals surface area (Å²) in [5.74, 6) is 0.471. The Morgan fingerprint density at radius 3 is 3.33 bits per heavy atom. The van der Waals surface area contributed by atoms with Crippen molar-refractivity contribution in [3.05, 3.63) is 16.9 Å². The highest BCUT2D eigenvalue weighted by Crippen LogP contribution is 2.28. The normalized spacial score (nSPS) is 14.6. The average Bonchev–Trinajstić information content (AvgIpc) is 2.03. The predicted octanol–water partition coefficient (Wildman–Crippen LogP) is 1.17. The standard InChI is InChI=1S/C7H5BrN2O2/c8-6-1-4-5(2-9-6)12-3-7(11)10-4/h1-2H,3H2,(H,10,11). The minimum atomic E-state index is -0.138. The average molecular weight is 229 g/mol. The molecule has 12 heavy (non-hydrogen) atoms. The maximum atomic E-state index is 10.9. The van der Waals surface area contributed by atoms with Crippen molar-refractivity contribution >= 4 is 27.5 Å². The molecule has 0 saturated heterocycles. The Hall–Kier alpha value is -1.10. The molecule has 1 aliphatic rings. The molecule has 62 valence electrons. The van der Waals surface area contributed by atoms with E-state index in [2.05, 4.69) is 26.2 Å². The maximum Gasteiger partial charge on any atom is 0.262 e. The van der Waals surface area contributed by atoms with Gasteiger partial charge in [0.15, 0.2) is 12.4 Å². The highest BCUT2D eigenvalue weighted by Gasteiger charge is 2.15. The molecule has 1 aromatic rings. The number of carbonyl (C=O) groups excluding carboxylic acids is 1. The van der Waals surface area contributed by atoms with E-state index >= 15 is 0 Å². The Kier molecular flexibility index (Phi) is 1.73. The van der Waals surface area contributed by atoms with Gasteiger partial charge in [-0.3, -0.25) is 4.79 Å². The van der Waals surface area contributed by atoms with Crippen LogP contribution < -0.4 is 10.1 Å². The van der Waals surface area contributed by atoms with Gasteiger partial charge in [-0.05, 0) is 22.0 Å². The summed E-state index contributed by atoms with van der Waals surface area (Å²) in [4.78, 5) is 14.8. The lowest BCUT2D eigenvalue weighted by atomic mass is 10.3. The first kappa shape index (κ1) is 7.54. The Bertz CT molecular complexity index is 340. The van der Waals surface area contributed by atoms with E-state index < -0.39 is 0 Å². The zero-order valence-electron chi connectivity index (χ0n) is 6.00. The Labute approximate surface area is 77.1 Å². The number of halogens is 1. The molecule has 4 nitrogen and oxygen atoms in total. The zero-order chi connectivity index (χ0) is 8.55. The molecule has 5 heteroatoms. The molecule has 0 saturated carbocycles. The lowest BCUT2D eigenvalue weighted by molar-refractivity contribution is -0.118. The molecule has 1 aliphatic heterocycles. The molecule has 0 spiro atoms. The molecule has 0 atom stereocenters. The summed E-state index contributed by atoms with van der Waals surface area (Å²) >= 11 is 3.19. The number of fused-ring (bicyclic) bond motifs is 1. The van der Waals surface area contributed by atoms with Crippen LogP contribution in [0.25, 0.3) is 0 Å². The fourth-order valence-electron chi connectivity index (χ4n) is 0.960. The summed E-state index contributed by atoms with van der Waals surface area (Å²) < 4.78 is 5.77. The third kappa shape index (κ3) is 1.27. The number of ether oxygens (including phenoxy) is 1. The van der Waals surface area contributed by atoms with Crippen LogP contribution >= 0.6 is 15.9 Å². The first-order valence-corrected chi connectivity index (χ1v) is 4.13. The van der Waals surface area contributed by atoms with Gasteiger partial charge in [0, 0.05) is 0 Å². The largest absolute Gasteiger partial charge is 0.480 e.